The normalized spacial score (nSPS) is 17.7. The van der Waals surface area contributed by atoms with Gasteiger partial charge in [0.05, 0.1) is 11.7 Å². The quantitative estimate of drug-likeness (QED) is 0.260. The van der Waals surface area contributed by atoms with E-state index in [2.05, 4.69) is 133 Å². The third kappa shape index (κ3) is 3.01. The fraction of sp³-hybridized carbons (Fsp3) is 0.176. The summed E-state index contributed by atoms with van der Waals surface area (Å²) in [7, 11) is 0. The van der Waals surface area contributed by atoms with Crippen molar-refractivity contribution in [3.8, 4) is 11.1 Å². The van der Waals surface area contributed by atoms with Gasteiger partial charge in [-0.15, -0.1) is 0 Å². The highest BCUT2D eigenvalue weighted by atomic mass is 79.9. The second kappa shape index (κ2) is 8.08. The van der Waals surface area contributed by atoms with Crippen LogP contribution in [-0.2, 0) is 0 Å². The molecule has 0 spiro atoms. The lowest BCUT2D eigenvalue weighted by Gasteiger charge is -2.27. The molecular weight excluding hydrogens is 502 g/mol. The van der Waals surface area contributed by atoms with Crippen molar-refractivity contribution in [2.45, 2.75) is 39.2 Å². The summed E-state index contributed by atoms with van der Waals surface area (Å²) in [6.07, 6.45) is 3.41. The summed E-state index contributed by atoms with van der Waals surface area (Å²) in [4.78, 5) is 2.50. The van der Waals surface area contributed by atoms with Gasteiger partial charge in [-0.25, -0.2) is 0 Å². The maximum Gasteiger partial charge on any atom is 0.0530 e. The molecule has 176 valence electrons. The number of allylic oxidation sites excluding steroid dienone is 1. The first-order valence-corrected chi connectivity index (χ1v) is 13.6. The lowest BCUT2D eigenvalue weighted by atomic mass is 9.88. The van der Waals surface area contributed by atoms with Gasteiger partial charge in [-0.2, -0.15) is 0 Å². The fourth-order valence-electron chi connectivity index (χ4n) is 6.64. The number of fused-ring (bicyclic) bond motifs is 5. The van der Waals surface area contributed by atoms with Crippen LogP contribution in [0.3, 0.4) is 0 Å². The van der Waals surface area contributed by atoms with Crippen LogP contribution >= 0.6 is 15.9 Å². The van der Waals surface area contributed by atoms with E-state index in [4.69, 9.17) is 0 Å². The molecule has 2 heteroatoms. The van der Waals surface area contributed by atoms with Crippen molar-refractivity contribution in [1.29, 1.82) is 0 Å². The van der Waals surface area contributed by atoms with Crippen molar-refractivity contribution in [3.05, 3.63) is 122 Å². The molecule has 0 radical (unpaired) electrons. The summed E-state index contributed by atoms with van der Waals surface area (Å²) in [5.74, 6) is 0.381. The molecule has 0 amide bonds. The zero-order valence-corrected chi connectivity index (χ0v) is 22.4. The lowest BCUT2D eigenvalue weighted by Crippen LogP contribution is -2.26. The number of benzene rings is 4. The first kappa shape index (κ1) is 21.9. The molecule has 1 nitrogen and oxygen atoms in total. The molecule has 1 aliphatic heterocycles. The first-order valence-electron chi connectivity index (χ1n) is 12.8. The number of nitrogens with zero attached hydrogens (tertiary/aromatic N) is 1. The molecule has 0 aromatic heterocycles. The van der Waals surface area contributed by atoms with E-state index in [0.29, 0.717) is 12.0 Å². The largest absolute Gasteiger partial charge is 0.334 e. The van der Waals surface area contributed by atoms with Crippen molar-refractivity contribution in [2.75, 3.05) is 4.90 Å². The van der Waals surface area contributed by atoms with Crippen LogP contribution < -0.4 is 15.3 Å². The van der Waals surface area contributed by atoms with Crippen molar-refractivity contribution >= 4 is 44.5 Å². The van der Waals surface area contributed by atoms with Crippen LogP contribution in [-0.4, -0.2) is 6.04 Å². The van der Waals surface area contributed by atoms with Crippen LogP contribution in [0.1, 0.15) is 49.8 Å². The summed E-state index contributed by atoms with van der Waals surface area (Å²) in [5, 5.41) is 2.73. The average molecular weight is 531 g/mol. The van der Waals surface area contributed by atoms with E-state index in [0.717, 1.165) is 6.42 Å². The molecule has 36 heavy (non-hydrogen) atoms. The Kier molecular flexibility index (Phi) is 4.91. The zero-order chi connectivity index (χ0) is 24.6. The van der Waals surface area contributed by atoms with Gasteiger partial charge in [0.2, 0.25) is 0 Å². The third-order valence-corrected chi connectivity index (χ3v) is 9.34. The summed E-state index contributed by atoms with van der Waals surface area (Å²) in [6, 6.07) is 31.5. The second-order valence-electron chi connectivity index (χ2n) is 10.3. The van der Waals surface area contributed by atoms with Crippen molar-refractivity contribution in [2.24, 2.45) is 0 Å². The molecule has 4 aromatic carbocycles. The standard InChI is InChI=1S/C34H28BrN/c1-20-17-31-30(19-32-33(34(31)35)21(2)22(3)36(32)23-11-5-4-6-12-23)28(20)18-29-26-15-9-7-13-24(26)25-14-8-10-16-27(25)29/h4-17,19,22,29H,18H2,1-3H3. The predicted octanol–water partition coefficient (Wildman–Crippen LogP) is 7.93. The molecule has 0 saturated heterocycles. The molecule has 0 N–H and O–H groups in total. The van der Waals surface area contributed by atoms with Crippen molar-refractivity contribution in [3.63, 3.8) is 0 Å². The van der Waals surface area contributed by atoms with E-state index in [1.54, 1.807) is 0 Å². The molecule has 0 fully saturated rings. The van der Waals surface area contributed by atoms with E-state index in [-0.39, 0.29) is 0 Å². The van der Waals surface area contributed by atoms with Crippen LogP contribution in [0.15, 0.2) is 95.0 Å². The minimum atomic E-state index is 0.323. The number of halogens is 1. The van der Waals surface area contributed by atoms with Crippen LogP contribution in [0.25, 0.3) is 28.3 Å². The van der Waals surface area contributed by atoms with Gasteiger partial charge in [0.15, 0.2) is 0 Å². The molecule has 0 bridgehead atoms. The van der Waals surface area contributed by atoms with Crippen LogP contribution in [0.4, 0.5) is 11.4 Å². The van der Waals surface area contributed by atoms with E-state index in [1.165, 1.54) is 70.8 Å². The van der Waals surface area contributed by atoms with Gasteiger partial charge >= 0.3 is 0 Å². The van der Waals surface area contributed by atoms with Gasteiger partial charge in [0, 0.05) is 21.3 Å². The molecule has 1 heterocycles. The Balaban J connectivity index is 1.43. The topological polar surface area (TPSA) is 3.24 Å². The number of hydrogen-bond donors (Lipinski definition) is 0. The molecule has 1 atom stereocenters. The number of para-hydroxylation sites is 1. The summed E-state index contributed by atoms with van der Waals surface area (Å²) in [5.41, 5.74) is 13.9. The van der Waals surface area contributed by atoms with Crippen LogP contribution in [0.2, 0.25) is 0 Å². The van der Waals surface area contributed by atoms with E-state index in [1.807, 2.05) is 0 Å². The summed E-state index contributed by atoms with van der Waals surface area (Å²) >= 11 is 4.07. The molecule has 1 unspecified atom stereocenters. The number of anilines is 2. The highest BCUT2D eigenvalue weighted by Gasteiger charge is 2.32. The maximum absolute atomic E-state index is 4.07. The smallest absolute Gasteiger partial charge is 0.0530 e. The zero-order valence-electron chi connectivity index (χ0n) is 20.8. The van der Waals surface area contributed by atoms with Crippen molar-refractivity contribution in [1.82, 2.24) is 0 Å². The van der Waals surface area contributed by atoms with E-state index < -0.39 is 0 Å². The molecule has 3 aliphatic rings. The minimum absolute atomic E-state index is 0.323. The van der Waals surface area contributed by atoms with Crippen LogP contribution in [0, 0.1) is 0 Å². The van der Waals surface area contributed by atoms with E-state index in [9.17, 15) is 0 Å². The van der Waals surface area contributed by atoms with Gasteiger partial charge in [-0.3, -0.25) is 0 Å². The Morgan fingerprint density at radius 1 is 0.806 bits per heavy atom. The number of rotatable bonds is 3. The molecule has 7 rings (SSSR count). The SMILES string of the molecule is CC1=Cc2c(Br)c3c(cc2=C1CC1c2ccccc2-c2ccccc21)N(c1ccccc1)C(C)C=3C. The Morgan fingerprint density at radius 2 is 1.42 bits per heavy atom. The molecular formula is C34H28BrN. The van der Waals surface area contributed by atoms with Gasteiger partial charge in [-0.05, 0) is 117 Å². The molecule has 2 aliphatic carbocycles. The Morgan fingerprint density at radius 3 is 2.08 bits per heavy atom. The van der Waals surface area contributed by atoms with Gasteiger partial charge in [-0.1, -0.05) is 66.7 Å². The van der Waals surface area contributed by atoms with Gasteiger partial charge in [0.25, 0.3) is 0 Å². The third-order valence-electron chi connectivity index (χ3n) is 8.52. The minimum Gasteiger partial charge on any atom is -0.334 e. The van der Waals surface area contributed by atoms with Crippen molar-refractivity contribution < 1.29 is 0 Å². The highest BCUT2D eigenvalue weighted by Crippen LogP contribution is 2.48. The van der Waals surface area contributed by atoms with Crippen LogP contribution in [0.5, 0.6) is 0 Å². The Hall–Kier alpha value is -3.36. The Labute approximate surface area is 221 Å². The maximum atomic E-state index is 4.07. The highest BCUT2D eigenvalue weighted by molar-refractivity contribution is 9.10. The predicted molar refractivity (Wildman–Crippen MR) is 156 cm³/mol. The van der Waals surface area contributed by atoms with E-state index >= 15 is 0 Å². The molecule has 0 saturated carbocycles. The second-order valence-corrected chi connectivity index (χ2v) is 11.1. The Bertz CT molecular complexity index is 1660. The fourth-order valence-corrected chi connectivity index (χ4v) is 7.49. The first-order chi connectivity index (χ1) is 17.5. The summed E-state index contributed by atoms with van der Waals surface area (Å²) < 4.78 is 1.24. The molecule has 4 aromatic rings. The average Bonchev–Trinajstić information content (AvgIpc) is 3.49. The summed E-state index contributed by atoms with van der Waals surface area (Å²) in [6.45, 7) is 6.89. The number of hydrogen-bond acceptors (Lipinski definition) is 1. The monoisotopic (exact) mass is 529 g/mol. The van der Waals surface area contributed by atoms with Gasteiger partial charge in [0.1, 0.15) is 0 Å². The lowest BCUT2D eigenvalue weighted by molar-refractivity contribution is 0.863. The van der Waals surface area contributed by atoms with Gasteiger partial charge < -0.3 is 4.90 Å².